The molecule has 1 N–H and O–H groups in total. The number of nitrogens with one attached hydrogen (secondary N) is 1. The summed E-state index contributed by atoms with van der Waals surface area (Å²) in [4.78, 5) is 22.4. The Morgan fingerprint density at radius 1 is 1.15 bits per heavy atom. The van der Waals surface area contributed by atoms with Crippen molar-refractivity contribution < 1.29 is 27.2 Å². The SMILES string of the molecule is O=C1CN(/N=C/c2ccc(-c3ccc(C4(C(F)(F)F)N=N4)cc3)o2)C(=O)N1. The summed E-state index contributed by atoms with van der Waals surface area (Å²) in [7, 11) is 0. The number of benzene rings is 1. The van der Waals surface area contributed by atoms with Crippen LogP contribution in [0.5, 0.6) is 0 Å². The van der Waals surface area contributed by atoms with E-state index >= 15 is 0 Å². The molecule has 1 saturated heterocycles. The number of imide groups is 1. The number of hydrogen-bond acceptors (Lipinski definition) is 6. The Morgan fingerprint density at radius 3 is 2.41 bits per heavy atom. The van der Waals surface area contributed by atoms with E-state index in [-0.39, 0.29) is 12.1 Å². The van der Waals surface area contributed by atoms with Gasteiger partial charge in [0.2, 0.25) is 5.91 Å². The summed E-state index contributed by atoms with van der Waals surface area (Å²) < 4.78 is 44.5. The Kier molecular flexibility index (Phi) is 3.61. The third-order valence-corrected chi connectivity index (χ3v) is 3.99. The number of amides is 3. The molecule has 2 aliphatic rings. The van der Waals surface area contributed by atoms with Crippen molar-refractivity contribution in [3.8, 4) is 11.3 Å². The first-order valence-electron chi connectivity index (χ1n) is 7.65. The van der Waals surface area contributed by atoms with Crippen LogP contribution in [0.3, 0.4) is 0 Å². The molecule has 0 radical (unpaired) electrons. The average Bonchev–Trinajstić information content (AvgIpc) is 3.21. The van der Waals surface area contributed by atoms with Gasteiger partial charge in [-0.15, -0.1) is 10.2 Å². The molecule has 3 amide bonds. The summed E-state index contributed by atoms with van der Waals surface area (Å²) in [5, 5.41) is 13.2. The highest BCUT2D eigenvalue weighted by molar-refractivity contribution is 6.02. The molecular formula is C16H10F3N5O3. The zero-order valence-corrected chi connectivity index (χ0v) is 13.4. The molecule has 0 spiro atoms. The first kappa shape index (κ1) is 16.9. The normalized spacial score (nSPS) is 18.4. The van der Waals surface area contributed by atoms with Gasteiger partial charge in [-0.05, 0) is 12.1 Å². The maximum absolute atomic E-state index is 13.0. The van der Waals surface area contributed by atoms with Gasteiger partial charge in [-0.2, -0.15) is 18.3 Å². The third-order valence-electron chi connectivity index (χ3n) is 3.99. The number of rotatable bonds is 4. The molecule has 0 aliphatic carbocycles. The average molecular weight is 377 g/mol. The lowest BCUT2D eigenvalue weighted by atomic mass is 10.0. The number of halogens is 3. The quantitative estimate of drug-likeness (QED) is 0.655. The van der Waals surface area contributed by atoms with Gasteiger partial charge in [0.1, 0.15) is 18.1 Å². The lowest BCUT2D eigenvalue weighted by molar-refractivity contribution is -0.166. The molecule has 2 aliphatic heterocycles. The Hall–Kier alpha value is -3.50. The van der Waals surface area contributed by atoms with Crippen molar-refractivity contribution in [2.24, 2.45) is 15.3 Å². The molecule has 3 heterocycles. The van der Waals surface area contributed by atoms with Gasteiger partial charge >= 0.3 is 17.9 Å². The van der Waals surface area contributed by atoms with Gasteiger partial charge in [-0.1, -0.05) is 24.3 Å². The highest BCUT2D eigenvalue weighted by Gasteiger charge is 2.65. The molecule has 0 atom stereocenters. The highest BCUT2D eigenvalue weighted by atomic mass is 19.4. The van der Waals surface area contributed by atoms with E-state index in [1.165, 1.54) is 30.5 Å². The van der Waals surface area contributed by atoms with Crippen molar-refractivity contribution in [3.05, 3.63) is 47.7 Å². The van der Waals surface area contributed by atoms with Crippen LogP contribution in [-0.2, 0) is 10.5 Å². The number of carbonyl (C=O) groups excluding carboxylic acids is 2. The molecule has 138 valence electrons. The van der Waals surface area contributed by atoms with Gasteiger partial charge in [0.25, 0.3) is 0 Å². The van der Waals surface area contributed by atoms with Crippen molar-refractivity contribution in [1.29, 1.82) is 0 Å². The molecule has 0 saturated carbocycles. The van der Waals surface area contributed by atoms with Crippen LogP contribution in [0.15, 0.2) is 56.1 Å². The fourth-order valence-corrected chi connectivity index (χ4v) is 2.54. The summed E-state index contributed by atoms with van der Waals surface area (Å²) in [6.45, 7) is -0.179. The number of alkyl halides is 3. The van der Waals surface area contributed by atoms with Crippen LogP contribution in [0.1, 0.15) is 11.3 Å². The predicted octanol–water partition coefficient (Wildman–Crippen LogP) is 3.01. The summed E-state index contributed by atoms with van der Waals surface area (Å²) in [5.41, 5.74) is -1.98. The van der Waals surface area contributed by atoms with Crippen molar-refractivity contribution in [3.63, 3.8) is 0 Å². The molecule has 1 aromatic carbocycles. The van der Waals surface area contributed by atoms with Gasteiger partial charge in [-0.3, -0.25) is 10.1 Å². The third kappa shape index (κ3) is 2.96. The number of hydrogen-bond donors (Lipinski definition) is 1. The van der Waals surface area contributed by atoms with Crippen LogP contribution in [0.4, 0.5) is 18.0 Å². The lowest BCUT2D eigenvalue weighted by Crippen LogP contribution is -2.29. The fourth-order valence-electron chi connectivity index (χ4n) is 2.54. The summed E-state index contributed by atoms with van der Waals surface area (Å²) in [6, 6.07) is 8.07. The largest absolute Gasteiger partial charge is 0.455 e. The first-order chi connectivity index (χ1) is 12.8. The first-order valence-corrected chi connectivity index (χ1v) is 7.65. The van der Waals surface area contributed by atoms with Gasteiger partial charge in [0, 0.05) is 11.1 Å². The maximum Gasteiger partial charge on any atom is 0.442 e. The van der Waals surface area contributed by atoms with Gasteiger partial charge in [-0.25, -0.2) is 9.80 Å². The van der Waals surface area contributed by atoms with Crippen LogP contribution < -0.4 is 5.32 Å². The van der Waals surface area contributed by atoms with E-state index < -0.39 is 23.8 Å². The predicted molar refractivity (Wildman–Crippen MR) is 84.6 cm³/mol. The molecule has 0 unspecified atom stereocenters. The molecule has 0 bridgehead atoms. The van der Waals surface area contributed by atoms with Crippen LogP contribution in [-0.4, -0.2) is 35.9 Å². The number of nitrogens with zero attached hydrogens (tertiary/aromatic N) is 4. The van der Waals surface area contributed by atoms with E-state index in [0.29, 0.717) is 17.1 Å². The summed E-state index contributed by atoms with van der Waals surface area (Å²) in [5.74, 6) is 0.249. The van der Waals surface area contributed by atoms with Crippen LogP contribution in [0, 0.1) is 0 Å². The van der Waals surface area contributed by atoms with Gasteiger partial charge in [0.15, 0.2) is 0 Å². The molecule has 11 heteroatoms. The van der Waals surface area contributed by atoms with Crippen molar-refractivity contribution in [2.75, 3.05) is 6.54 Å². The minimum absolute atomic E-state index is 0.0724. The highest BCUT2D eigenvalue weighted by Crippen LogP contribution is 2.52. The Morgan fingerprint density at radius 2 is 1.85 bits per heavy atom. The lowest BCUT2D eigenvalue weighted by Gasteiger charge is -2.14. The fraction of sp³-hybridized carbons (Fsp3) is 0.188. The summed E-state index contributed by atoms with van der Waals surface area (Å²) in [6.07, 6.45) is -3.32. The number of urea groups is 1. The molecule has 8 nitrogen and oxygen atoms in total. The monoisotopic (exact) mass is 377 g/mol. The second-order valence-corrected chi connectivity index (χ2v) is 5.80. The summed E-state index contributed by atoms with van der Waals surface area (Å²) >= 11 is 0. The standard InChI is InChI=1S/C16H10F3N5O3/c17-16(18,19)15(22-23-15)10-3-1-9(2-4-10)12-6-5-11(27-12)7-20-24-8-13(25)21-14(24)26/h1-7H,8H2,(H,21,25,26)/b20-7+. The topological polar surface area (TPSA) is 99.6 Å². The van der Waals surface area contributed by atoms with Crippen LogP contribution in [0.2, 0.25) is 0 Å². The Bertz CT molecular complexity index is 972. The minimum atomic E-state index is -4.58. The maximum atomic E-state index is 13.0. The van der Waals surface area contributed by atoms with Crippen molar-refractivity contribution in [2.45, 2.75) is 11.8 Å². The van der Waals surface area contributed by atoms with Crippen molar-refractivity contribution >= 4 is 18.2 Å². The molecular weight excluding hydrogens is 367 g/mol. The zero-order valence-electron chi connectivity index (χ0n) is 13.4. The number of hydrazone groups is 1. The minimum Gasteiger partial charge on any atom is -0.455 e. The van der Waals surface area contributed by atoms with Crippen LogP contribution in [0.25, 0.3) is 11.3 Å². The Labute approximate surface area is 149 Å². The van der Waals surface area contributed by atoms with E-state index in [1.54, 1.807) is 12.1 Å². The van der Waals surface area contributed by atoms with E-state index in [1.807, 2.05) is 0 Å². The molecule has 27 heavy (non-hydrogen) atoms. The van der Waals surface area contributed by atoms with Crippen molar-refractivity contribution in [1.82, 2.24) is 10.3 Å². The smallest absolute Gasteiger partial charge is 0.442 e. The molecule has 2 aromatic rings. The van der Waals surface area contributed by atoms with Gasteiger partial charge in [0.05, 0.1) is 6.21 Å². The van der Waals surface area contributed by atoms with E-state index in [2.05, 4.69) is 20.6 Å². The van der Waals surface area contributed by atoms with E-state index in [4.69, 9.17) is 4.42 Å². The zero-order chi connectivity index (χ0) is 19.2. The van der Waals surface area contributed by atoms with Crippen LogP contribution >= 0.6 is 0 Å². The van der Waals surface area contributed by atoms with E-state index in [0.717, 1.165) is 5.01 Å². The van der Waals surface area contributed by atoms with Gasteiger partial charge < -0.3 is 4.42 Å². The number of furan rings is 1. The number of carbonyl (C=O) groups is 2. The molecule has 4 rings (SSSR count). The Balaban J connectivity index is 1.49. The molecule has 1 aromatic heterocycles. The second-order valence-electron chi connectivity index (χ2n) is 5.80. The second kappa shape index (κ2) is 5.76. The van der Waals surface area contributed by atoms with E-state index in [9.17, 15) is 22.8 Å². The molecule has 1 fully saturated rings.